The first-order valence-electron chi connectivity index (χ1n) is 8.78. The molecule has 1 aromatic rings. The van der Waals surface area contributed by atoms with Crippen LogP contribution in [-0.4, -0.2) is 40.6 Å². The molecule has 3 N–H and O–H groups in total. The van der Waals surface area contributed by atoms with Crippen molar-refractivity contribution in [2.75, 3.05) is 6.61 Å². The fraction of sp³-hybridized carbons (Fsp3) is 0.611. The predicted molar refractivity (Wildman–Crippen MR) is 91.2 cm³/mol. The number of aliphatic hydroxyl groups excluding tert-OH is 1. The molecule has 132 valence electrons. The highest BCUT2D eigenvalue weighted by Crippen LogP contribution is 2.17. The van der Waals surface area contributed by atoms with Gasteiger partial charge in [0.1, 0.15) is 6.04 Å². The predicted octanol–water partition coefficient (Wildman–Crippen LogP) is 1.33. The number of hydrogen-bond acceptors (Lipinski definition) is 4. The third kappa shape index (κ3) is 6.28. The maximum Gasteiger partial charge on any atom is 0.245 e. The van der Waals surface area contributed by atoms with E-state index < -0.39 is 12.6 Å². The van der Waals surface area contributed by atoms with Crippen molar-refractivity contribution in [1.82, 2.24) is 15.6 Å². The number of nitrogens with zero attached hydrogens (tertiary/aromatic N) is 1. The summed E-state index contributed by atoms with van der Waals surface area (Å²) in [5.74, 6) is -0.584. The van der Waals surface area contributed by atoms with Crippen LogP contribution in [0.15, 0.2) is 24.5 Å². The smallest absolute Gasteiger partial charge is 0.245 e. The maximum absolute atomic E-state index is 12.3. The van der Waals surface area contributed by atoms with Crippen LogP contribution in [0.1, 0.15) is 50.5 Å². The van der Waals surface area contributed by atoms with E-state index in [2.05, 4.69) is 15.6 Å². The second-order valence-electron chi connectivity index (χ2n) is 6.39. The molecule has 1 aliphatic rings. The lowest BCUT2D eigenvalue weighted by molar-refractivity contribution is -0.130. The van der Waals surface area contributed by atoms with E-state index in [1.807, 2.05) is 0 Å². The lowest BCUT2D eigenvalue weighted by Gasteiger charge is -2.24. The molecule has 1 heterocycles. The number of rotatable bonds is 6. The Hall–Kier alpha value is -1.95. The summed E-state index contributed by atoms with van der Waals surface area (Å²) in [6, 6.07) is 2.75. The first kappa shape index (κ1) is 18.4. The molecule has 1 unspecified atom stereocenters. The first-order valence-corrected chi connectivity index (χ1v) is 8.78. The number of nitrogens with one attached hydrogen (secondary N) is 2. The third-order valence-electron chi connectivity index (χ3n) is 4.40. The summed E-state index contributed by atoms with van der Waals surface area (Å²) in [6.07, 6.45) is 11.2. The van der Waals surface area contributed by atoms with Gasteiger partial charge < -0.3 is 15.7 Å². The number of aromatic nitrogens is 1. The topological polar surface area (TPSA) is 91.3 Å². The van der Waals surface area contributed by atoms with Crippen LogP contribution in [0.5, 0.6) is 0 Å². The molecular weight excluding hydrogens is 306 g/mol. The number of pyridine rings is 1. The molecule has 1 atom stereocenters. The van der Waals surface area contributed by atoms with E-state index in [9.17, 15) is 14.7 Å². The minimum Gasteiger partial charge on any atom is -0.394 e. The van der Waals surface area contributed by atoms with Crippen LogP contribution in [0.3, 0.4) is 0 Å². The van der Waals surface area contributed by atoms with Gasteiger partial charge in [0, 0.05) is 18.4 Å². The van der Waals surface area contributed by atoms with Crippen LogP contribution in [-0.2, 0) is 16.0 Å². The largest absolute Gasteiger partial charge is 0.394 e. The molecular formula is C18H27N3O3. The second kappa shape index (κ2) is 10.0. The van der Waals surface area contributed by atoms with Crippen LogP contribution in [0.4, 0.5) is 0 Å². The van der Waals surface area contributed by atoms with Crippen molar-refractivity contribution in [3.05, 3.63) is 30.1 Å². The molecule has 6 heteroatoms. The minimum absolute atomic E-state index is 0.143. The van der Waals surface area contributed by atoms with E-state index in [1.165, 1.54) is 19.3 Å². The van der Waals surface area contributed by atoms with Gasteiger partial charge in [0.2, 0.25) is 11.8 Å². The van der Waals surface area contributed by atoms with Gasteiger partial charge in [0.15, 0.2) is 0 Å². The Morgan fingerprint density at radius 3 is 2.38 bits per heavy atom. The first-order chi connectivity index (χ1) is 11.7. The Balaban J connectivity index is 1.82. The number of amides is 2. The van der Waals surface area contributed by atoms with Crippen molar-refractivity contribution in [2.24, 2.45) is 0 Å². The summed E-state index contributed by atoms with van der Waals surface area (Å²) in [5, 5.41) is 15.1. The van der Waals surface area contributed by atoms with Crippen molar-refractivity contribution < 1.29 is 14.7 Å². The van der Waals surface area contributed by atoms with Crippen molar-refractivity contribution >= 4 is 11.8 Å². The highest BCUT2D eigenvalue weighted by molar-refractivity contribution is 5.88. The van der Waals surface area contributed by atoms with Crippen molar-refractivity contribution in [3.63, 3.8) is 0 Å². The number of hydrogen-bond donors (Lipinski definition) is 3. The van der Waals surface area contributed by atoms with E-state index in [1.54, 1.807) is 24.5 Å². The van der Waals surface area contributed by atoms with Gasteiger partial charge in [-0.1, -0.05) is 32.1 Å². The van der Waals surface area contributed by atoms with Gasteiger partial charge in [-0.15, -0.1) is 0 Å². The summed E-state index contributed by atoms with van der Waals surface area (Å²) < 4.78 is 0. The Labute approximate surface area is 143 Å². The summed E-state index contributed by atoms with van der Waals surface area (Å²) in [5.41, 5.74) is 0.819. The van der Waals surface area contributed by atoms with Crippen molar-refractivity contribution in [1.29, 1.82) is 0 Å². The molecule has 1 aromatic heterocycles. The molecule has 1 fully saturated rings. The number of aliphatic hydroxyl groups is 1. The Morgan fingerprint density at radius 1 is 1.12 bits per heavy atom. The fourth-order valence-electron chi connectivity index (χ4n) is 3.03. The minimum atomic E-state index is -0.898. The highest BCUT2D eigenvalue weighted by Gasteiger charge is 2.23. The van der Waals surface area contributed by atoms with Crippen LogP contribution < -0.4 is 10.6 Å². The van der Waals surface area contributed by atoms with Gasteiger partial charge in [-0.3, -0.25) is 14.6 Å². The summed E-state index contributed by atoms with van der Waals surface area (Å²) >= 11 is 0. The van der Waals surface area contributed by atoms with Gasteiger partial charge in [0.05, 0.1) is 13.0 Å². The molecule has 24 heavy (non-hydrogen) atoms. The zero-order chi connectivity index (χ0) is 17.2. The molecule has 0 bridgehead atoms. The van der Waals surface area contributed by atoms with E-state index >= 15 is 0 Å². The molecule has 1 aliphatic carbocycles. The molecule has 0 radical (unpaired) electrons. The molecule has 2 rings (SSSR count). The maximum atomic E-state index is 12.3. The summed E-state index contributed by atoms with van der Waals surface area (Å²) in [4.78, 5) is 28.3. The molecule has 0 aromatic carbocycles. The Kier molecular flexibility index (Phi) is 7.68. The molecule has 0 spiro atoms. The van der Waals surface area contributed by atoms with Crippen molar-refractivity contribution in [2.45, 2.75) is 63.5 Å². The van der Waals surface area contributed by atoms with Gasteiger partial charge in [-0.05, 0) is 30.5 Å². The number of carbonyl (C=O) groups excluding carboxylic acids is 2. The van der Waals surface area contributed by atoms with Gasteiger partial charge in [-0.2, -0.15) is 0 Å². The van der Waals surface area contributed by atoms with E-state index in [-0.39, 0.29) is 24.3 Å². The standard InChI is InChI=1S/C18H27N3O3/c22-13-16(21-17(23)12-14-8-10-19-11-9-14)18(24)20-15-6-4-2-1-3-5-7-15/h8-11,15-16,22H,1-7,12-13H2,(H,20,24)(H,21,23). The lowest BCUT2D eigenvalue weighted by Crippen LogP contribution is -2.51. The average molecular weight is 333 g/mol. The molecule has 2 amide bonds. The Morgan fingerprint density at radius 2 is 1.75 bits per heavy atom. The van der Waals surface area contributed by atoms with Gasteiger partial charge in [-0.25, -0.2) is 0 Å². The summed E-state index contributed by atoms with van der Waals surface area (Å²) in [6.45, 7) is -0.402. The zero-order valence-corrected chi connectivity index (χ0v) is 14.0. The quantitative estimate of drug-likeness (QED) is 0.732. The zero-order valence-electron chi connectivity index (χ0n) is 14.0. The second-order valence-corrected chi connectivity index (χ2v) is 6.39. The molecule has 1 saturated carbocycles. The molecule has 0 saturated heterocycles. The summed E-state index contributed by atoms with van der Waals surface area (Å²) in [7, 11) is 0. The van der Waals surface area contributed by atoms with Crippen LogP contribution >= 0.6 is 0 Å². The third-order valence-corrected chi connectivity index (χ3v) is 4.40. The van der Waals surface area contributed by atoms with E-state index in [0.717, 1.165) is 31.2 Å². The van der Waals surface area contributed by atoms with E-state index in [4.69, 9.17) is 0 Å². The van der Waals surface area contributed by atoms with Crippen LogP contribution in [0, 0.1) is 0 Å². The lowest BCUT2D eigenvalue weighted by atomic mass is 9.96. The van der Waals surface area contributed by atoms with Crippen LogP contribution in [0.25, 0.3) is 0 Å². The monoisotopic (exact) mass is 333 g/mol. The van der Waals surface area contributed by atoms with Gasteiger partial charge >= 0.3 is 0 Å². The highest BCUT2D eigenvalue weighted by atomic mass is 16.3. The normalized spacial score (nSPS) is 17.4. The Bertz CT molecular complexity index is 514. The van der Waals surface area contributed by atoms with Crippen LogP contribution in [0.2, 0.25) is 0 Å². The number of carbonyl (C=O) groups is 2. The van der Waals surface area contributed by atoms with Crippen molar-refractivity contribution in [3.8, 4) is 0 Å². The van der Waals surface area contributed by atoms with E-state index in [0.29, 0.717) is 0 Å². The molecule has 0 aliphatic heterocycles. The van der Waals surface area contributed by atoms with Gasteiger partial charge in [0.25, 0.3) is 0 Å². The average Bonchev–Trinajstić information content (AvgIpc) is 2.55. The SMILES string of the molecule is O=C(Cc1ccncc1)NC(CO)C(=O)NC1CCCCCCC1. The molecule has 6 nitrogen and oxygen atoms in total. The fourth-order valence-corrected chi connectivity index (χ4v) is 3.03.